The normalized spacial score (nSPS) is 15.5. The van der Waals surface area contributed by atoms with Crippen molar-refractivity contribution in [3.63, 3.8) is 0 Å². The lowest BCUT2D eigenvalue weighted by Crippen LogP contribution is -2.19. The zero-order chi connectivity index (χ0) is 19.6. The first-order chi connectivity index (χ1) is 12.8. The summed E-state index contributed by atoms with van der Waals surface area (Å²) in [4.78, 5) is 25.0. The molecule has 0 aliphatic heterocycles. The molecule has 2 heterocycles. The van der Waals surface area contributed by atoms with Crippen LogP contribution < -0.4 is 0 Å². The van der Waals surface area contributed by atoms with E-state index in [1.165, 1.54) is 18.5 Å². The molecular weight excluding hydrogens is 437 g/mol. The second-order valence-corrected chi connectivity index (χ2v) is 9.79. The van der Waals surface area contributed by atoms with Crippen molar-refractivity contribution in [1.82, 2.24) is 15.0 Å². The van der Waals surface area contributed by atoms with Crippen molar-refractivity contribution in [2.45, 2.75) is 49.5 Å². The van der Waals surface area contributed by atoms with Gasteiger partial charge in [-0.2, -0.15) is 0 Å². The van der Waals surface area contributed by atoms with Crippen molar-refractivity contribution in [2.75, 3.05) is 0 Å². The number of Topliss-reactive ketones (excluding diaryl/α,β-unsaturated/α-hetero) is 1. The van der Waals surface area contributed by atoms with E-state index in [1.54, 1.807) is 6.07 Å². The molecule has 0 amide bonds. The molecule has 1 aliphatic carbocycles. The Balaban J connectivity index is 1.78. The molecule has 0 aromatic carbocycles. The van der Waals surface area contributed by atoms with E-state index in [9.17, 15) is 17.6 Å². The van der Waals surface area contributed by atoms with Crippen LogP contribution in [0.25, 0.3) is 0 Å². The van der Waals surface area contributed by atoms with E-state index in [0.717, 1.165) is 0 Å². The number of aromatic nitrogens is 3. The highest BCUT2D eigenvalue weighted by Gasteiger charge is 2.36. The summed E-state index contributed by atoms with van der Waals surface area (Å²) in [6.07, 6.45) is 4.58. The fourth-order valence-electron chi connectivity index (χ4n) is 2.87. The van der Waals surface area contributed by atoms with Crippen LogP contribution >= 0.6 is 15.9 Å². The first-order valence-electron chi connectivity index (χ1n) is 8.66. The van der Waals surface area contributed by atoms with Gasteiger partial charge in [-0.05, 0) is 47.3 Å². The van der Waals surface area contributed by atoms with Crippen LogP contribution in [0.2, 0.25) is 0 Å². The summed E-state index contributed by atoms with van der Waals surface area (Å²) >= 11 is 3.13. The average Bonchev–Trinajstić information content (AvgIpc) is 3.44. The molecule has 0 spiro atoms. The quantitative estimate of drug-likeness (QED) is 0.606. The van der Waals surface area contributed by atoms with Gasteiger partial charge in [0.1, 0.15) is 23.2 Å². The maximum absolute atomic E-state index is 14.0. The van der Waals surface area contributed by atoms with Crippen LogP contribution in [0.15, 0.2) is 29.0 Å². The van der Waals surface area contributed by atoms with Crippen LogP contribution in [0.4, 0.5) is 4.39 Å². The summed E-state index contributed by atoms with van der Waals surface area (Å²) < 4.78 is 38.8. The maximum atomic E-state index is 14.0. The van der Waals surface area contributed by atoms with Crippen LogP contribution in [-0.2, 0) is 26.8 Å². The first kappa shape index (κ1) is 20.0. The highest BCUT2D eigenvalue weighted by molar-refractivity contribution is 9.10. The molecule has 0 bridgehead atoms. The Hall–Kier alpha value is -1.74. The minimum absolute atomic E-state index is 0.0761. The van der Waals surface area contributed by atoms with E-state index < -0.39 is 21.6 Å². The molecule has 144 valence electrons. The Morgan fingerprint density at radius 1 is 1.37 bits per heavy atom. The van der Waals surface area contributed by atoms with Gasteiger partial charge in [0.25, 0.3) is 0 Å². The van der Waals surface area contributed by atoms with Crippen LogP contribution in [0.5, 0.6) is 0 Å². The molecule has 1 atom stereocenters. The van der Waals surface area contributed by atoms with E-state index in [-0.39, 0.29) is 34.7 Å². The molecule has 0 N–H and O–H groups in total. The van der Waals surface area contributed by atoms with Gasteiger partial charge in [-0.15, -0.1) is 0 Å². The Bertz CT molecular complexity index is 964. The maximum Gasteiger partial charge on any atom is 0.160 e. The highest BCUT2D eigenvalue weighted by Crippen LogP contribution is 2.30. The molecule has 3 rings (SSSR count). The number of pyridine rings is 1. The van der Waals surface area contributed by atoms with Crippen molar-refractivity contribution in [1.29, 1.82) is 0 Å². The zero-order valence-corrected chi connectivity index (χ0v) is 17.1. The summed E-state index contributed by atoms with van der Waals surface area (Å²) in [5, 5.41) is -0.292. The zero-order valence-electron chi connectivity index (χ0n) is 14.7. The monoisotopic (exact) mass is 455 g/mol. The van der Waals surface area contributed by atoms with E-state index >= 15 is 0 Å². The predicted octanol–water partition coefficient (Wildman–Crippen LogP) is 3.16. The smallest absolute Gasteiger partial charge is 0.160 e. The molecule has 1 saturated carbocycles. The average molecular weight is 456 g/mol. The van der Waals surface area contributed by atoms with Crippen molar-refractivity contribution in [3.8, 4) is 0 Å². The first-order valence-corrected chi connectivity index (χ1v) is 11.2. The SMILES string of the molecule is CCC(C(=O)Cc1ncc(Br)cc1F)c1ccnc(CS(=O)(=O)C2CC2)n1. The third-order valence-electron chi connectivity index (χ3n) is 4.47. The van der Waals surface area contributed by atoms with E-state index in [0.29, 0.717) is 29.4 Å². The summed E-state index contributed by atoms with van der Waals surface area (Å²) in [5.41, 5.74) is 0.531. The molecule has 2 aromatic heterocycles. The number of halogens is 2. The Kier molecular flexibility index (Phi) is 6.00. The Morgan fingerprint density at radius 2 is 2.11 bits per heavy atom. The number of carbonyl (C=O) groups excluding carboxylic acids is 1. The van der Waals surface area contributed by atoms with Gasteiger partial charge < -0.3 is 0 Å². The highest BCUT2D eigenvalue weighted by atomic mass is 79.9. The Morgan fingerprint density at radius 3 is 2.74 bits per heavy atom. The lowest BCUT2D eigenvalue weighted by atomic mass is 9.93. The van der Waals surface area contributed by atoms with Gasteiger partial charge in [0.05, 0.1) is 29.0 Å². The number of sulfone groups is 1. The lowest BCUT2D eigenvalue weighted by Gasteiger charge is -2.14. The Labute approximate surface area is 165 Å². The van der Waals surface area contributed by atoms with Crippen LogP contribution in [0, 0.1) is 5.82 Å². The second kappa shape index (κ2) is 8.10. The third kappa shape index (κ3) is 4.95. The number of ketones is 1. The van der Waals surface area contributed by atoms with Gasteiger partial charge in [0.2, 0.25) is 0 Å². The second-order valence-electron chi connectivity index (χ2n) is 6.59. The summed E-state index contributed by atoms with van der Waals surface area (Å²) in [5.74, 6) is -1.37. The van der Waals surface area contributed by atoms with Gasteiger partial charge in [-0.3, -0.25) is 9.78 Å². The largest absolute Gasteiger partial charge is 0.299 e. The minimum atomic E-state index is -3.24. The molecule has 0 saturated heterocycles. The van der Waals surface area contributed by atoms with Crippen molar-refractivity contribution >= 4 is 31.6 Å². The fourth-order valence-corrected chi connectivity index (χ4v) is 4.76. The molecular formula is C18H19BrFN3O3S. The molecule has 1 fully saturated rings. The van der Waals surface area contributed by atoms with Gasteiger partial charge in [0.15, 0.2) is 9.84 Å². The molecule has 2 aromatic rings. The fraction of sp³-hybridized carbons (Fsp3) is 0.444. The van der Waals surface area contributed by atoms with Crippen molar-refractivity contribution in [3.05, 3.63) is 52.0 Å². The van der Waals surface area contributed by atoms with E-state index in [1.807, 2.05) is 6.92 Å². The number of carbonyl (C=O) groups is 1. The van der Waals surface area contributed by atoms with E-state index in [4.69, 9.17) is 0 Å². The van der Waals surface area contributed by atoms with Gasteiger partial charge in [-0.25, -0.2) is 22.8 Å². The van der Waals surface area contributed by atoms with E-state index in [2.05, 4.69) is 30.9 Å². The molecule has 6 nitrogen and oxygen atoms in total. The van der Waals surface area contributed by atoms with Gasteiger partial charge >= 0.3 is 0 Å². The summed E-state index contributed by atoms with van der Waals surface area (Å²) in [6.45, 7) is 1.83. The van der Waals surface area contributed by atoms with Crippen LogP contribution in [-0.4, -0.2) is 34.4 Å². The molecule has 1 aliphatic rings. The molecule has 1 unspecified atom stereocenters. The van der Waals surface area contributed by atoms with Gasteiger partial charge in [0, 0.05) is 16.9 Å². The predicted molar refractivity (Wildman–Crippen MR) is 101 cm³/mol. The third-order valence-corrected chi connectivity index (χ3v) is 7.05. The van der Waals surface area contributed by atoms with Gasteiger partial charge in [-0.1, -0.05) is 6.92 Å². The molecule has 9 heteroatoms. The number of nitrogens with zero attached hydrogens (tertiary/aromatic N) is 3. The van der Waals surface area contributed by atoms with Crippen molar-refractivity contribution in [2.24, 2.45) is 0 Å². The lowest BCUT2D eigenvalue weighted by molar-refractivity contribution is -0.120. The standard InChI is InChI=1S/C18H19BrFN3O3S/c1-2-13(17(24)8-16-14(20)7-11(19)9-22-16)15-5-6-21-18(23-15)10-27(25,26)12-3-4-12/h5-7,9,12-13H,2-4,8,10H2,1H3. The topological polar surface area (TPSA) is 89.9 Å². The number of rotatable bonds is 8. The summed E-state index contributed by atoms with van der Waals surface area (Å²) in [7, 11) is -3.24. The van der Waals surface area contributed by atoms with Crippen LogP contribution in [0.3, 0.4) is 0 Å². The number of hydrogen-bond donors (Lipinski definition) is 0. The van der Waals surface area contributed by atoms with Crippen LogP contribution in [0.1, 0.15) is 49.3 Å². The summed E-state index contributed by atoms with van der Waals surface area (Å²) in [6, 6.07) is 2.87. The van der Waals surface area contributed by atoms with Crippen molar-refractivity contribution < 1.29 is 17.6 Å². The number of hydrogen-bond acceptors (Lipinski definition) is 6. The molecule has 0 radical (unpaired) electrons. The molecule has 27 heavy (non-hydrogen) atoms. The minimum Gasteiger partial charge on any atom is -0.299 e.